The highest BCUT2D eigenvalue weighted by Gasteiger charge is 2.16. The van der Waals surface area contributed by atoms with Gasteiger partial charge in [-0.15, -0.1) is 0 Å². The average molecular weight is 387 g/mol. The van der Waals surface area contributed by atoms with E-state index in [0.717, 1.165) is 23.1 Å². The van der Waals surface area contributed by atoms with Crippen LogP contribution in [0.3, 0.4) is 0 Å². The van der Waals surface area contributed by atoms with Crippen LogP contribution in [0, 0.1) is 0 Å². The second-order valence-corrected chi connectivity index (χ2v) is 6.91. The first-order valence-electron chi connectivity index (χ1n) is 9.62. The minimum atomic E-state index is -0.452. The van der Waals surface area contributed by atoms with E-state index in [1.807, 2.05) is 73.7 Å². The zero-order valence-corrected chi connectivity index (χ0v) is 16.4. The van der Waals surface area contributed by atoms with Gasteiger partial charge in [0.25, 0.3) is 0 Å². The molecule has 5 heteroatoms. The van der Waals surface area contributed by atoms with Gasteiger partial charge < -0.3 is 5.32 Å². The predicted octanol–water partition coefficient (Wildman–Crippen LogP) is 3.91. The minimum Gasteiger partial charge on any atom is -0.333 e. The van der Waals surface area contributed by atoms with Crippen molar-refractivity contribution in [2.45, 2.75) is 25.8 Å². The van der Waals surface area contributed by atoms with Crippen LogP contribution in [0.2, 0.25) is 0 Å². The number of hydrogen-bond donors (Lipinski definition) is 3. The second-order valence-electron chi connectivity index (χ2n) is 6.91. The Labute approximate surface area is 171 Å². The summed E-state index contributed by atoms with van der Waals surface area (Å²) >= 11 is 0. The van der Waals surface area contributed by atoms with Crippen LogP contribution in [0.15, 0.2) is 84.9 Å². The first kappa shape index (κ1) is 20.1. The van der Waals surface area contributed by atoms with E-state index < -0.39 is 6.03 Å². The maximum absolute atomic E-state index is 12.4. The Morgan fingerprint density at radius 1 is 0.759 bits per heavy atom. The van der Waals surface area contributed by atoms with E-state index in [2.05, 4.69) is 34.4 Å². The number of benzene rings is 3. The fraction of sp³-hybridized carbons (Fsp3) is 0.167. The first-order chi connectivity index (χ1) is 14.1. The number of nitrogens with one attached hydrogen (secondary N) is 3. The summed E-state index contributed by atoms with van der Waals surface area (Å²) in [5.41, 5.74) is 9.14. The number of rotatable bonds is 6. The molecule has 0 saturated heterocycles. The number of hydrogen-bond acceptors (Lipinski definition) is 2. The van der Waals surface area contributed by atoms with Gasteiger partial charge in [-0.2, -0.15) is 0 Å². The average Bonchev–Trinajstić information content (AvgIpc) is 2.77. The van der Waals surface area contributed by atoms with Gasteiger partial charge in [0.05, 0.1) is 5.92 Å². The second kappa shape index (κ2) is 10.1. The Morgan fingerprint density at radius 3 is 2.07 bits per heavy atom. The predicted molar refractivity (Wildman–Crippen MR) is 114 cm³/mol. The standard InChI is InChI=1S/C24H25N3O2/c1-18(22-14-8-13-21(16-22)15-19-9-4-2-5-10-19)23(28)26-27-24(29)25-17-20-11-6-3-7-12-20/h2-14,16,18H,15,17H2,1H3,(H,26,28)(H2,25,27,29). The van der Waals surface area contributed by atoms with Crippen molar-refractivity contribution in [3.05, 3.63) is 107 Å². The summed E-state index contributed by atoms with van der Waals surface area (Å²) in [5.74, 6) is -0.656. The molecule has 5 nitrogen and oxygen atoms in total. The monoisotopic (exact) mass is 387 g/mol. The highest BCUT2D eigenvalue weighted by molar-refractivity contribution is 5.85. The third-order valence-corrected chi connectivity index (χ3v) is 4.69. The van der Waals surface area contributed by atoms with E-state index in [9.17, 15) is 9.59 Å². The normalized spacial score (nSPS) is 11.3. The SMILES string of the molecule is CC(C(=O)NNC(=O)NCc1ccccc1)c1cccc(Cc2ccccc2)c1. The van der Waals surface area contributed by atoms with E-state index >= 15 is 0 Å². The molecule has 0 aromatic heterocycles. The summed E-state index contributed by atoms with van der Waals surface area (Å²) in [6.07, 6.45) is 0.809. The molecule has 0 aliphatic carbocycles. The molecule has 29 heavy (non-hydrogen) atoms. The van der Waals surface area contributed by atoms with Crippen molar-refractivity contribution in [2.24, 2.45) is 0 Å². The van der Waals surface area contributed by atoms with Crippen molar-refractivity contribution in [3.8, 4) is 0 Å². The quantitative estimate of drug-likeness (QED) is 0.561. The Hall–Kier alpha value is -3.60. The number of amides is 3. The van der Waals surface area contributed by atoms with Gasteiger partial charge in [-0.1, -0.05) is 84.9 Å². The summed E-state index contributed by atoms with van der Waals surface area (Å²) < 4.78 is 0. The van der Waals surface area contributed by atoms with E-state index in [1.165, 1.54) is 5.56 Å². The third kappa shape index (κ3) is 6.21. The van der Waals surface area contributed by atoms with Gasteiger partial charge in [0, 0.05) is 6.54 Å². The minimum absolute atomic E-state index is 0.267. The molecule has 1 atom stereocenters. The van der Waals surface area contributed by atoms with Crippen molar-refractivity contribution in [1.82, 2.24) is 16.2 Å². The van der Waals surface area contributed by atoms with Crippen molar-refractivity contribution < 1.29 is 9.59 Å². The lowest BCUT2D eigenvalue weighted by Gasteiger charge is -2.15. The van der Waals surface area contributed by atoms with Gasteiger partial charge in [-0.05, 0) is 35.6 Å². The van der Waals surface area contributed by atoms with Crippen LogP contribution in [-0.2, 0) is 17.8 Å². The molecule has 3 amide bonds. The van der Waals surface area contributed by atoms with Gasteiger partial charge in [0.15, 0.2) is 0 Å². The molecule has 148 valence electrons. The summed E-state index contributed by atoms with van der Waals surface area (Å²) in [4.78, 5) is 24.3. The lowest BCUT2D eigenvalue weighted by Crippen LogP contribution is -2.47. The topological polar surface area (TPSA) is 70.2 Å². The van der Waals surface area contributed by atoms with Gasteiger partial charge in [0.2, 0.25) is 5.91 Å². The van der Waals surface area contributed by atoms with Crippen LogP contribution in [0.1, 0.15) is 35.1 Å². The van der Waals surface area contributed by atoms with E-state index in [4.69, 9.17) is 0 Å². The molecule has 3 aromatic carbocycles. The zero-order chi connectivity index (χ0) is 20.5. The molecule has 3 N–H and O–H groups in total. The van der Waals surface area contributed by atoms with Crippen LogP contribution >= 0.6 is 0 Å². The molecule has 1 unspecified atom stereocenters. The zero-order valence-electron chi connectivity index (χ0n) is 16.4. The molecule has 0 aliphatic rings. The van der Waals surface area contributed by atoms with E-state index in [1.54, 1.807) is 0 Å². The van der Waals surface area contributed by atoms with Gasteiger partial charge >= 0.3 is 6.03 Å². The molecular weight excluding hydrogens is 362 g/mol. The summed E-state index contributed by atoms with van der Waals surface area (Å²) in [7, 11) is 0. The van der Waals surface area contributed by atoms with Crippen molar-refractivity contribution in [2.75, 3.05) is 0 Å². The number of urea groups is 1. The lowest BCUT2D eigenvalue weighted by molar-refractivity contribution is -0.122. The molecule has 0 spiro atoms. The maximum atomic E-state index is 12.4. The van der Waals surface area contributed by atoms with Crippen LogP contribution < -0.4 is 16.2 Å². The molecule has 3 rings (SSSR count). The van der Waals surface area contributed by atoms with Gasteiger partial charge in [-0.25, -0.2) is 10.2 Å². The van der Waals surface area contributed by atoms with Crippen LogP contribution in [0.25, 0.3) is 0 Å². The molecule has 0 aliphatic heterocycles. The molecule has 0 fully saturated rings. The fourth-order valence-corrected chi connectivity index (χ4v) is 3.00. The van der Waals surface area contributed by atoms with Crippen LogP contribution in [0.4, 0.5) is 4.79 Å². The lowest BCUT2D eigenvalue weighted by atomic mass is 9.96. The Bertz CT molecular complexity index is 943. The summed E-state index contributed by atoms with van der Waals surface area (Å²) in [5, 5.41) is 2.70. The van der Waals surface area contributed by atoms with E-state index in [0.29, 0.717) is 6.54 Å². The van der Waals surface area contributed by atoms with Crippen LogP contribution in [0.5, 0.6) is 0 Å². The first-order valence-corrected chi connectivity index (χ1v) is 9.62. The molecule has 0 heterocycles. The Balaban J connectivity index is 1.50. The molecule has 0 radical (unpaired) electrons. The number of hydrazine groups is 1. The van der Waals surface area contributed by atoms with Crippen molar-refractivity contribution in [3.63, 3.8) is 0 Å². The van der Waals surface area contributed by atoms with Crippen molar-refractivity contribution in [1.29, 1.82) is 0 Å². The van der Waals surface area contributed by atoms with E-state index in [-0.39, 0.29) is 11.8 Å². The number of carbonyl (C=O) groups excluding carboxylic acids is 2. The third-order valence-electron chi connectivity index (χ3n) is 4.69. The van der Waals surface area contributed by atoms with Gasteiger partial charge in [-0.3, -0.25) is 10.2 Å². The van der Waals surface area contributed by atoms with Crippen molar-refractivity contribution >= 4 is 11.9 Å². The Kier molecular flexibility index (Phi) is 7.00. The maximum Gasteiger partial charge on any atom is 0.333 e. The summed E-state index contributed by atoms with van der Waals surface area (Å²) in [6.45, 7) is 2.21. The van der Waals surface area contributed by atoms with Gasteiger partial charge in [0.1, 0.15) is 0 Å². The largest absolute Gasteiger partial charge is 0.333 e. The smallest absolute Gasteiger partial charge is 0.333 e. The highest BCUT2D eigenvalue weighted by Crippen LogP contribution is 2.18. The summed E-state index contributed by atoms with van der Waals surface area (Å²) in [6, 6.07) is 27.3. The molecule has 3 aromatic rings. The Morgan fingerprint density at radius 2 is 1.38 bits per heavy atom. The highest BCUT2D eigenvalue weighted by atomic mass is 16.2. The molecule has 0 bridgehead atoms. The molecular formula is C24H25N3O2. The van der Waals surface area contributed by atoms with Crippen LogP contribution in [-0.4, -0.2) is 11.9 Å². The fourth-order valence-electron chi connectivity index (χ4n) is 3.00. The molecule has 0 saturated carbocycles. The number of carbonyl (C=O) groups is 2.